The lowest BCUT2D eigenvalue weighted by molar-refractivity contribution is -0.133. The third-order valence-corrected chi connectivity index (χ3v) is 3.07. The van der Waals surface area contributed by atoms with Crippen LogP contribution in [0.4, 0.5) is 4.39 Å². The van der Waals surface area contributed by atoms with Crippen molar-refractivity contribution in [1.29, 1.82) is 5.26 Å². The van der Waals surface area contributed by atoms with Crippen molar-refractivity contribution in [3.63, 3.8) is 0 Å². The molecule has 0 aliphatic heterocycles. The van der Waals surface area contributed by atoms with Crippen LogP contribution in [-0.4, -0.2) is 23.7 Å². The molecule has 0 saturated heterocycles. The zero-order chi connectivity index (χ0) is 13.7. The SMILES string of the molecule is CC(CCl)C(=O)N(C)Cc1cc(C#N)ccc1F. The van der Waals surface area contributed by atoms with E-state index in [0.717, 1.165) is 0 Å². The third kappa shape index (κ3) is 3.44. The van der Waals surface area contributed by atoms with Gasteiger partial charge >= 0.3 is 0 Å². The van der Waals surface area contributed by atoms with Gasteiger partial charge in [-0.15, -0.1) is 11.6 Å². The number of carbonyl (C=O) groups excluding carboxylic acids is 1. The molecule has 0 spiro atoms. The number of alkyl halides is 1. The van der Waals surface area contributed by atoms with Crippen LogP contribution in [0.1, 0.15) is 18.1 Å². The monoisotopic (exact) mass is 268 g/mol. The van der Waals surface area contributed by atoms with E-state index in [0.29, 0.717) is 11.1 Å². The quantitative estimate of drug-likeness (QED) is 0.788. The first-order valence-corrected chi connectivity index (χ1v) is 6.02. The van der Waals surface area contributed by atoms with E-state index in [1.807, 2.05) is 6.07 Å². The van der Waals surface area contributed by atoms with Crippen molar-refractivity contribution in [2.24, 2.45) is 5.92 Å². The van der Waals surface area contributed by atoms with Crippen LogP contribution in [0.25, 0.3) is 0 Å². The van der Waals surface area contributed by atoms with Crippen molar-refractivity contribution >= 4 is 17.5 Å². The standard InChI is InChI=1S/C13H14ClFN2O/c1-9(6-14)13(18)17(2)8-11-5-10(7-16)3-4-12(11)15/h3-5,9H,6,8H2,1-2H3. The van der Waals surface area contributed by atoms with Crippen LogP contribution in [0.2, 0.25) is 0 Å². The molecule has 0 aromatic heterocycles. The van der Waals surface area contributed by atoms with Gasteiger partial charge in [-0.1, -0.05) is 6.92 Å². The highest BCUT2D eigenvalue weighted by molar-refractivity contribution is 6.19. The van der Waals surface area contributed by atoms with Crippen LogP contribution >= 0.6 is 11.6 Å². The highest BCUT2D eigenvalue weighted by atomic mass is 35.5. The number of carbonyl (C=O) groups is 1. The van der Waals surface area contributed by atoms with Gasteiger partial charge in [-0.25, -0.2) is 4.39 Å². The summed E-state index contributed by atoms with van der Waals surface area (Å²) >= 11 is 5.61. The van der Waals surface area contributed by atoms with E-state index in [4.69, 9.17) is 16.9 Å². The Balaban J connectivity index is 2.85. The minimum atomic E-state index is -0.424. The van der Waals surface area contributed by atoms with Crippen LogP contribution in [0.5, 0.6) is 0 Å². The van der Waals surface area contributed by atoms with Crippen LogP contribution in [0.3, 0.4) is 0 Å². The van der Waals surface area contributed by atoms with E-state index in [1.54, 1.807) is 14.0 Å². The van der Waals surface area contributed by atoms with Gasteiger partial charge < -0.3 is 4.90 Å². The normalized spacial score (nSPS) is 11.7. The summed E-state index contributed by atoms with van der Waals surface area (Å²) < 4.78 is 13.5. The fourth-order valence-corrected chi connectivity index (χ4v) is 1.67. The summed E-state index contributed by atoms with van der Waals surface area (Å²) in [6.45, 7) is 1.84. The first-order chi connectivity index (χ1) is 8.49. The molecule has 0 bridgehead atoms. The predicted octanol–water partition coefficient (Wildman–Crippen LogP) is 2.53. The average Bonchev–Trinajstić information content (AvgIpc) is 2.39. The van der Waals surface area contributed by atoms with E-state index in [-0.39, 0.29) is 24.2 Å². The van der Waals surface area contributed by atoms with Crippen LogP contribution in [-0.2, 0) is 11.3 Å². The number of hydrogen-bond acceptors (Lipinski definition) is 2. The van der Waals surface area contributed by atoms with Crippen LogP contribution in [0.15, 0.2) is 18.2 Å². The van der Waals surface area contributed by atoms with Crippen molar-refractivity contribution in [1.82, 2.24) is 4.90 Å². The van der Waals surface area contributed by atoms with Gasteiger partial charge in [-0.3, -0.25) is 4.79 Å². The molecule has 1 aromatic rings. The summed E-state index contributed by atoms with van der Waals surface area (Å²) in [5.74, 6) is -0.651. The summed E-state index contributed by atoms with van der Waals surface area (Å²) in [6.07, 6.45) is 0. The van der Waals surface area contributed by atoms with Crippen molar-refractivity contribution < 1.29 is 9.18 Å². The number of benzene rings is 1. The first kappa shape index (κ1) is 14.5. The number of halogens is 2. The van der Waals surface area contributed by atoms with Crippen molar-refractivity contribution in [3.05, 3.63) is 35.1 Å². The molecule has 96 valence electrons. The van der Waals surface area contributed by atoms with E-state index >= 15 is 0 Å². The molecule has 0 aliphatic rings. The molecule has 0 radical (unpaired) electrons. The number of nitrogens with zero attached hydrogens (tertiary/aromatic N) is 2. The maximum absolute atomic E-state index is 13.5. The summed E-state index contributed by atoms with van der Waals surface area (Å²) in [7, 11) is 1.59. The second-order valence-electron chi connectivity index (χ2n) is 4.17. The lowest BCUT2D eigenvalue weighted by Gasteiger charge is -2.20. The molecule has 5 heteroatoms. The molecule has 1 amide bonds. The number of nitriles is 1. The molecule has 0 heterocycles. The fraction of sp³-hybridized carbons (Fsp3) is 0.385. The average molecular weight is 269 g/mol. The lowest BCUT2D eigenvalue weighted by atomic mass is 10.1. The summed E-state index contributed by atoms with van der Waals surface area (Å²) in [6, 6.07) is 6.03. The minimum Gasteiger partial charge on any atom is -0.341 e. The van der Waals surface area contributed by atoms with Gasteiger partial charge in [0.15, 0.2) is 0 Å². The van der Waals surface area contributed by atoms with Crippen molar-refractivity contribution in [3.8, 4) is 6.07 Å². The highest BCUT2D eigenvalue weighted by Crippen LogP contribution is 2.14. The Kier molecular flexibility index (Phi) is 5.11. The molecule has 18 heavy (non-hydrogen) atoms. The summed E-state index contributed by atoms with van der Waals surface area (Å²) in [5.41, 5.74) is 0.698. The van der Waals surface area contributed by atoms with Gasteiger partial charge in [0.25, 0.3) is 0 Å². The topological polar surface area (TPSA) is 44.1 Å². The van der Waals surface area contributed by atoms with Crippen LogP contribution < -0.4 is 0 Å². The number of hydrogen-bond donors (Lipinski definition) is 0. The fourth-order valence-electron chi connectivity index (χ4n) is 1.54. The van der Waals surface area contributed by atoms with Gasteiger partial charge in [0, 0.05) is 31.0 Å². The second-order valence-corrected chi connectivity index (χ2v) is 4.48. The van der Waals surface area contributed by atoms with E-state index < -0.39 is 5.82 Å². The van der Waals surface area contributed by atoms with Gasteiger partial charge in [-0.05, 0) is 18.2 Å². The van der Waals surface area contributed by atoms with Gasteiger partial charge in [-0.2, -0.15) is 5.26 Å². The molecule has 0 aliphatic carbocycles. The first-order valence-electron chi connectivity index (χ1n) is 5.49. The van der Waals surface area contributed by atoms with Crippen molar-refractivity contribution in [2.75, 3.05) is 12.9 Å². The smallest absolute Gasteiger partial charge is 0.226 e. The minimum absolute atomic E-state index is 0.126. The Hall–Kier alpha value is -1.60. The largest absolute Gasteiger partial charge is 0.341 e. The van der Waals surface area contributed by atoms with E-state index in [1.165, 1.54) is 23.1 Å². The Morgan fingerprint density at radius 2 is 2.28 bits per heavy atom. The number of rotatable bonds is 4. The Morgan fingerprint density at radius 3 is 2.83 bits per heavy atom. The zero-order valence-electron chi connectivity index (χ0n) is 10.3. The third-order valence-electron chi connectivity index (χ3n) is 2.61. The number of amides is 1. The Morgan fingerprint density at radius 1 is 1.61 bits per heavy atom. The molecule has 1 aromatic carbocycles. The van der Waals surface area contributed by atoms with Gasteiger partial charge in [0.2, 0.25) is 5.91 Å². The molecule has 1 unspecified atom stereocenters. The Labute approximate surface area is 111 Å². The summed E-state index contributed by atoms with van der Waals surface area (Å²) in [4.78, 5) is 13.2. The maximum Gasteiger partial charge on any atom is 0.226 e. The maximum atomic E-state index is 13.5. The molecule has 1 rings (SSSR count). The molecular weight excluding hydrogens is 255 g/mol. The van der Waals surface area contributed by atoms with E-state index in [9.17, 15) is 9.18 Å². The van der Waals surface area contributed by atoms with Crippen molar-refractivity contribution in [2.45, 2.75) is 13.5 Å². The predicted molar refractivity (Wildman–Crippen MR) is 67.5 cm³/mol. The molecule has 0 fully saturated rings. The van der Waals surface area contributed by atoms with Crippen LogP contribution in [0, 0.1) is 23.1 Å². The molecule has 0 N–H and O–H groups in total. The zero-order valence-corrected chi connectivity index (χ0v) is 11.0. The highest BCUT2D eigenvalue weighted by Gasteiger charge is 2.17. The molecule has 1 atom stereocenters. The lowest BCUT2D eigenvalue weighted by Crippen LogP contribution is -2.32. The molecule has 0 saturated carbocycles. The van der Waals surface area contributed by atoms with Gasteiger partial charge in [0.05, 0.1) is 11.6 Å². The molecule has 3 nitrogen and oxygen atoms in total. The Bertz CT molecular complexity index is 484. The second kappa shape index (κ2) is 6.36. The van der Waals surface area contributed by atoms with E-state index in [2.05, 4.69) is 0 Å². The van der Waals surface area contributed by atoms with Gasteiger partial charge in [0.1, 0.15) is 5.82 Å². The molecular formula is C13H14ClFN2O. The summed E-state index contributed by atoms with van der Waals surface area (Å²) in [5, 5.41) is 8.75.